The summed E-state index contributed by atoms with van der Waals surface area (Å²) in [5.41, 5.74) is 1.90. The predicted octanol–water partition coefficient (Wildman–Crippen LogP) is 2.67. The smallest absolute Gasteiger partial charge is 0.276 e. The summed E-state index contributed by atoms with van der Waals surface area (Å²) in [4.78, 5) is 17.7. The van der Waals surface area contributed by atoms with Crippen molar-refractivity contribution < 1.29 is 13.6 Å². The lowest BCUT2D eigenvalue weighted by atomic mass is 9.97. The zero-order valence-electron chi connectivity index (χ0n) is 12.2. The lowest BCUT2D eigenvalue weighted by Gasteiger charge is -2.32. The van der Waals surface area contributed by atoms with Gasteiger partial charge in [-0.25, -0.2) is 13.8 Å². The molecule has 0 radical (unpaired) electrons. The Morgan fingerprint density at radius 1 is 1.30 bits per heavy atom. The molecule has 3 rings (SSSR count). The number of anilines is 2. The van der Waals surface area contributed by atoms with Gasteiger partial charge in [0.15, 0.2) is 11.6 Å². The highest BCUT2D eigenvalue weighted by molar-refractivity contribution is 7.07. The molecule has 9 heteroatoms. The SMILES string of the molecule is O=C(Nc1ccc(N2CCC(C(F)F)CC2)nn1)c1cscn1. The number of piperidine rings is 1. The summed E-state index contributed by atoms with van der Waals surface area (Å²) in [5, 5.41) is 12.3. The van der Waals surface area contributed by atoms with Crippen molar-refractivity contribution in [2.24, 2.45) is 5.92 Å². The van der Waals surface area contributed by atoms with Crippen LogP contribution < -0.4 is 10.2 Å². The molecular weight excluding hydrogens is 324 g/mol. The number of aromatic nitrogens is 3. The molecule has 23 heavy (non-hydrogen) atoms. The van der Waals surface area contributed by atoms with Gasteiger partial charge in [-0.15, -0.1) is 21.5 Å². The van der Waals surface area contributed by atoms with Gasteiger partial charge in [0.2, 0.25) is 6.43 Å². The van der Waals surface area contributed by atoms with E-state index >= 15 is 0 Å². The van der Waals surface area contributed by atoms with Crippen molar-refractivity contribution in [2.75, 3.05) is 23.3 Å². The number of carbonyl (C=O) groups excluding carboxylic acids is 1. The summed E-state index contributed by atoms with van der Waals surface area (Å²) in [6.45, 7) is 1.07. The molecule has 1 amide bonds. The minimum Gasteiger partial charge on any atom is -0.355 e. The second-order valence-corrected chi connectivity index (χ2v) is 5.98. The molecule has 0 aromatic carbocycles. The number of thiazole rings is 1. The van der Waals surface area contributed by atoms with E-state index in [1.807, 2.05) is 4.90 Å². The number of carbonyl (C=O) groups is 1. The third-order valence-corrected chi connectivity index (χ3v) is 4.36. The fraction of sp³-hybridized carbons (Fsp3) is 0.429. The molecule has 3 heterocycles. The van der Waals surface area contributed by atoms with E-state index in [4.69, 9.17) is 0 Å². The minimum atomic E-state index is -2.26. The van der Waals surface area contributed by atoms with Gasteiger partial charge in [-0.2, -0.15) is 0 Å². The monoisotopic (exact) mass is 339 g/mol. The van der Waals surface area contributed by atoms with Crippen LogP contribution in [0, 0.1) is 5.92 Å². The van der Waals surface area contributed by atoms with E-state index in [0.29, 0.717) is 43.3 Å². The van der Waals surface area contributed by atoms with Crippen molar-refractivity contribution in [1.82, 2.24) is 15.2 Å². The molecular formula is C14H15F2N5OS. The van der Waals surface area contributed by atoms with Crippen LogP contribution in [0.1, 0.15) is 23.3 Å². The van der Waals surface area contributed by atoms with Gasteiger partial charge in [-0.3, -0.25) is 4.79 Å². The molecule has 1 aliphatic rings. The summed E-state index contributed by atoms with van der Waals surface area (Å²) in [6, 6.07) is 3.37. The number of nitrogens with one attached hydrogen (secondary N) is 1. The first-order valence-electron chi connectivity index (χ1n) is 7.20. The Hall–Kier alpha value is -2.16. The molecule has 0 aliphatic carbocycles. The Morgan fingerprint density at radius 2 is 2.09 bits per heavy atom. The van der Waals surface area contributed by atoms with Gasteiger partial charge >= 0.3 is 0 Å². The maximum Gasteiger partial charge on any atom is 0.276 e. The molecule has 1 fully saturated rings. The molecule has 0 atom stereocenters. The molecule has 1 N–H and O–H groups in total. The van der Waals surface area contributed by atoms with Crippen LogP contribution in [0.25, 0.3) is 0 Å². The lowest BCUT2D eigenvalue weighted by Crippen LogP contribution is -2.36. The Bertz CT molecular complexity index is 642. The first-order chi connectivity index (χ1) is 11.1. The van der Waals surface area contributed by atoms with Gasteiger partial charge in [0, 0.05) is 24.4 Å². The van der Waals surface area contributed by atoms with Gasteiger partial charge < -0.3 is 10.2 Å². The number of hydrogen-bond acceptors (Lipinski definition) is 6. The van der Waals surface area contributed by atoms with Crippen LogP contribution >= 0.6 is 11.3 Å². The van der Waals surface area contributed by atoms with E-state index in [1.165, 1.54) is 11.3 Å². The number of amides is 1. The Kier molecular flexibility index (Phi) is 4.75. The van der Waals surface area contributed by atoms with E-state index in [9.17, 15) is 13.6 Å². The molecule has 1 aliphatic heterocycles. The van der Waals surface area contributed by atoms with Crippen LogP contribution in [-0.4, -0.2) is 40.6 Å². The first-order valence-corrected chi connectivity index (χ1v) is 8.14. The summed E-state index contributed by atoms with van der Waals surface area (Å²) in [5.74, 6) is 0.0838. The second-order valence-electron chi connectivity index (χ2n) is 5.26. The highest BCUT2D eigenvalue weighted by atomic mass is 32.1. The zero-order valence-corrected chi connectivity index (χ0v) is 13.0. The van der Waals surface area contributed by atoms with Crippen molar-refractivity contribution in [1.29, 1.82) is 0 Å². The molecule has 2 aromatic rings. The first kappa shape index (κ1) is 15.7. The predicted molar refractivity (Wildman–Crippen MR) is 83.0 cm³/mol. The fourth-order valence-electron chi connectivity index (χ4n) is 2.45. The summed E-state index contributed by atoms with van der Waals surface area (Å²) in [7, 11) is 0. The maximum absolute atomic E-state index is 12.6. The van der Waals surface area contributed by atoms with Crippen molar-refractivity contribution in [3.05, 3.63) is 28.7 Å². The van der Waals surface area contributed by atoms with E-state index in [-0.39, 0.29) is 5.91 Å². The second kappa shape index (κ2) is 6.95. The highest BCUT2D eigenvalue weighted by Gasteiger charge is 2.26. The summed E-state index contributed by atoms with van der Waals surface area (Å²) in [6.07, 6.45) is -1.37. The Balaban J connectivity index is 1.58. The normalized spacial score (nSPS) is 15.9. The van der Waals surface area contributed by atoms with Crippen LogP contribution in [0.4, 0.5) is 20.4 Å². The number of halogens is 2. The Morgan fingerprint density at radius 3 is 2.65 bits per heavy atom. The van der Waals surface area contributed by atoms with Gasteiger partial charge in [0.25, 0.3) is 5.91 Å². The van der Waals surface area contributed by atoms with E-state index in [2.05, 4.69) is 20.5 Å². The molecule has 0 spiro atoms. The minimum absolute atomic E-state index is 0.328. The number of nitrogens with zero attached hydrogens (tertiary/aromatic N) is 4. The average Bonchev–Trinajstić information content (AvgIpc) is 3.10. The molecule has 6 nitrogen and oxygen atoms in total. The van der Waals surface area contributed by atoms with Crippen LogP contribution in [0.3, 0.4) is 0 Å². The van der Waals surface area contributed by atoms with Crippen molar-refractivity contribution in [3.8, 4) is 0 Å². The van der Waals surface area contributed by atoms with Crippen molar-refractivity contribution in [3.63, 3.8) is 0 Å². The highest BCUT2D eigenvalue weighted by Crippen LogP contribution is 2.26. The quantitative estimate of drug-likeness (QED) is 0.927. The molecule has 0 saturated carbocycles. The maximum atomic E-state index is 12.6. The van der Waals surface area contributed by atoms with E-state index in [1.54, 1.807) is 23.0 Å². The van der Waals surface area contributed by atoms with Gasteiger partial charge in [0.05, 0.1) is 5.51 Å². The molecule has 2 aromatic heterocycles. The average molecular weight is 339 g/mol. The van der Waals surface area contributed by atoms with Gasteiger partial charge in [-0.1, -0.05) is 0 Å². The van der Waals surface area contributed by atoms with Crippen molar-refractivity contribution in [2.45, 2.75) is 19.3 Å². The summed E-state index contributed by atoms with van der Waals surface area (Å²) >= 11 is 1.33. The standard InChI is InChI=1S/C14H15F2N5OS/c15-13(16)9-3-5-21(6-4-9)12-2-1-11(19-20-12)18-14(22)10-7-23-8-17-10/h1-2,7-9,13H,3-6H2,(H,18,19,22). The number of rotatable bonds is 4. The van der Waals surface area contributed by atoms with Crippen LogP contribution in [0.15, 0.2) is 23.0 Å². The van der Waals surface area contributed by atoms with E-state index in [0.717, 1.165) is 0 Å². The topological polar surface area (TPSA) is 71.0 Å². The van der Waals surface area contributed by atoms with Gasteiger partial charge in [-0.05, 0) is 25.0 Å². The van der Waals surface area contributed by atoms with Crippen LogP contribution in [-0.2, 0) is 0 Å². The van der Waals surface area contributed by atoms with E-state index < -0.39 is 12.3 Å². The molecule has 122 valence electrons. The molecule has 1 saturated heterocycles. The number of hydrogen-bond donors (Lipinski definition) is 1. The number of alkyl halides is 2. The fourth-order valence-corrected chi connectivity index (χ4v) is 2.98. The van der Waals surface area contributed by atoms with Crippen molar-refractivity contribution >= 4 is 28.9 Å². The Labute approximate surface area is 135 Å². The third-order valence-electron chi connectivity index (χ3n) is 3.78. The van der Waals surface area contributed by atoms with Gasteiger partial charge in [0.1, 0.15) is 5.69 Å². The zero-order chi connectivity index (χ0) is 16.2. The van der Waals surface area contributed by atoms with Crippen LogP contribution in [0.5, 0.6) is 0 Å². The third kappa shape index (κ3) is 3.79. The summed E-state index contributed by atoms with van der Waals surface area (Å²) < 4.78 is 25.3. The lowest BCUT2D eigenvalue weighted by molar-refractivity contribution is 0.0635. The largest absolute Gasteiger partial charge is 0.355 e. The molecule has 0 bridgehead atoms. The molecule has 0 unspecified atom stereocenters. The van der Waals surface area contributed by atoms with Crippen LogP contribution in [0.2, 0.25) is 0 Å².